The molecule has 0 radical (unpaired) electrons. The quantitative estimate of drug-likeness (QED) is 0.594. The minimum absolute atomic E-state index is 0.642. The number of anilines is 1. The van der Waals surface area contributed by atoms with E-state index in [4.69, 9.17) is 0 Å². The maximum Gasteiger partial charge on any atom is 0.0931 e. The van der Waals surface area contributed by atoms with E-state index < -0.39 is 0 Å². The number of fused-ring (bicyclic) bond motifs is 1. The molecule has 162 valence electrons. The van der Waals surface area contributed by atoms with E-state index in [9.17, 15) is 0 Å². The number of aryl methyl sites for hydroxylation is 1. The van der Waals surface area contributed by atoms with Crippen LogP contribution in [0.4, 0.5) is 5.69 Å². The van der Waals surface area contributed by atoms with Crippen LogP contribution in [-0.4, -0.2) is 54.1 Å². The average Bonchev–Trinajstić information content (AvgIpc) is 3.14. The molecule has 0 bridgehead atoms. The number of benzene rings is 2. The van der Waals surface area contributed by atoms with Gasteiger partial charge in [0.25, 0.3) is 0 Å². The number of para-hydroxylation sites is 1. The van der Waals surface area contributed by atoms with Crippen molar-refractivity contribution in [3.63, 3.8) is 0 Å². The topological polar surface area (TPSA) is 23.4 Å². The summed E-state index contributed by atoms with van der Waals surface area (Å²) in [6.07, 6.45) is 2.52. The molecule has 2 aromatic carbocycles. The Labute approximate surface area is 186 Å². The lowest BCUT2D eigenvalue weighted by Crippen LogP contribution is -2.41. The van der Waals surface area contributed by atoms with Crippen LogP contribution in [0.15, 0.2) is 54.6 Å². The lowest BCUT2D eigenvalue weighted by molar-refractivity contribution is 0.140. The molecule has 0 saturated carbocycles. The van der Waals surface area contributed by atoms with Crippen LogP contribution in [0.1, 0.15) is 31.0 Å². The van der Waals surface area contributed by atoms with Gasteiger partial charge in [-0.15, -0.1) is 0 Å². The van der Waals surface area contributed by atoms with Crippen LogP contribution in [0, 0.1) is 11.8 Å². The van der Waals surface area contributed by atoms with Crippen LogP contribution in [0.3, 0.4) is 0 Å². The molecule has 2 heterocycles. The Bertz CT molecular complexity index is 1050. The van der Waals surface area contributed by atoms with Crippen LogP contribution in [0.25, 0.3) is 10.9 Å². The Morgan fingerprint density at radius 2 is 1.81 bits per heavy atom. The third-order valence-corrected chi connectivity index (χ3v) is 6.35. The van der Waals surface area contributed by atoms with E-state index in [1.807, 2.05) is 18.2 Å². The lowest BCUT2D eigenvalue weighted by Gasteiger charge is -2.35. The summed E-state index contributed by atoms with van der Waals surface area (Å²) in [5.41, 5.74) is 4.87. The van der Waals surface area contributed by atoms with E-state index in [0.717, 1.165) is 30.5 Å². The summed E-state index contributed by atoms with van der Waals surface area (Å²) < 4.78 is 2.32. The Kier molecular flexibility index (Phi) is 6.96. The third-order valence-electron chi connectivity index (χ3n) is 6.35. The highest BCUT2D eigenvalue weighted by Crippen LogP contribution is 2.23. The van der Waals surface area contributed by atoms with Crippen LogP contribution < -0.4 is 5.32 Å². The predicted octanol–water partition coefficient (Wildman–Crippen LogP) is 4.65. The molecule has 0 atom stereocenters. The number of likely N-dealkylation sites (tertiary alicyclic amines) is 1. The Morgan fingerprint density at radius 3 is 2.52 bits per heavy atom. The molecule has 4 nitrogen and oxygen atoms in total. The van der Waals surface area contributed by atoms with Gasteiger partial charge in [-0.1, -0.05) is 30.2 Å². The zero-order valence-electron chi connectivity index (χ0n) is 19.1. The first-order valence-corrected chi connectivity index (χ1v) is 11.4. The van der Waals surface area contributed by atoms with Crippen molar-refractivity contribution in [3.05, 3.63) is 65.9 Å². The van der Waals surface area contributed by atoms with Crippen LogP contribution in [0.2, 0.25) is 0 Å². The molecule has 4 heteroatoms. The van der Waals surface area contributed by atoms with Crippen molar-refractivity contribution in [2.24, 2.45) is 0 Å². The monoisotopic (exact) mass is 414 g/mol. The summed E-state index contributed by atoms with van der Waals surface area (Å²) in [5, 5.41) is 4.65. The number of hydrogen-bond acceptors (Lipinski definition) is 3. The molecule has 31 heavy (non-hydrogen) atoms. The molecule has 1 fully saturated rings. The molecule has 1 aliphatic rings. The third kappa shape index (κ3) is 5.31. The molecule has 1 aromatic heterocycles. The Hall–Kier alpha value is -2.74. The molecule has 0 aliphatic carbocycles. The number of rotatable bonds is 6. The first kappa shape index (κ1) is 21.5. The predicted molar refractivity (Wildman–Crippen MR) is 131 cm³/mol. The molecule has 3 aromatic rings. The highest BCUT2D eigenvalue weighted by molar-refractivity contribution is 5.83. The second-order valence-electron chi connectivity index (χ2n) is 8.66. The maximum absolute atomic E-state index is 3.38. The fourth-order valence-electron chi connectivity index (χ4n) is 4.55. The summed E-state index contributed by atoms with van der Waals surface area (Å²) in [7, 11) is 4.40. The van der Waals surface area contributed by atoms with Gasteiger partial charge >= 0.3 is 0 Å². The van der Waals surface area contributed by atoms with Crippen molar-refractivity contribution in [1.29, 1.82) is 0 Å². The smallest absolute Gasteiger partial charge is 0.0931 e. The fourth-order valence-corrected chi connectivity index (χ4v) is 4.55. The maximum atomic E-state index is 3.38. The molecule has 0 unspecified atom stereocenters. The first-order valence-electron chi connectivity index (χ1n) is 11.4. The van der Waals surface area contributed by atoms with Crippen molar-refractivity contribution in [3.8, 4) is 11.8 Å². The van der Waals surface area contributed by atoms with Gasteiger partial charge in [-0.2, -0.15) is 0 Å². The second kappa shape index (κ2) is 10.0. The van der Waals surface area contributed by atoms with E-state index in [1.54, 1.807) is 0 Å². The number of hydrogen-bond donors (Lipinski definition) is 1. The average molecular weight is 415 g/mol. The highest BCUT2D eigenvalue weighted by Gasteiger charge is 2.20. The van der Waals surface area contributed by atoms with E-state index in [1.165, 1.54) is 42.4 Å². The summed E-state index contributed by atoms with van der Waals surface area (Å²) in [5.74, 6) is 6.66. The lowest BCUT2D eigenvalue weighted by atomic mass is 10.0. The first-order chi connectivity index (χ1) is 15.1. The SMILES string of the molecule is CCn1c(C#CCNc2ccccc2)cc2cc(CN3CCC(N(C)C)CC3)ccc21. The number of piperidine rings is 1. The molecule has 0 amide bonds. The van der Waals surface area contributed by atoms with Crippen molar-refractivity contribution >= 4 is 16.6 Å². The Morgan fingerprint density at radius 1 is 1.03 bits per heavy atom. The van der Waals surface area contributed by atoms with Gasteiger partial charge in [0.1, 0.15) is 0 Å². The van der Waals surface area contributed by atoms with E-state index in [0.29, 0.717) is 6.54 Å². The number of aromatic nitrogens is 1. The summed E-state index contributed by atoms with van der Waals surface area (Å²) in [4.78, 5) is 4.96. The van der Waals surface area contributed by atoms with Gasteiger partial charge in [0.15, 0.2) is 0 Å². The minimum Gasteiger partial charge on any atom is -0.374 e. The molecule has 0 spiro atoms. The highest BCUT2D eigenvalue weighted by atomic mass is 15.2. The van der Waals surface area contributed by atoms with Gasteiger partial charge in [-0.25, -0.2) is 0 Å². The van der Waals surface area contributed by atoms with Gasteiger partial charge in [0.05, 0.1) is 12.2 Å². The van der Waals surface area contributed by atoms with Crippen molar-refractivity contribution < 1.29 is 0 Å². The fraction of sp³-hybridized carbons (Fsp3) is 0.407. The van der Waals surface area contributed by atoms with Gasteiger partial charge in [0, 0.05) is 35.7 Å². The normalized spacial score (nSPS) is 15.2. The van der Waals surface area contributed by atoms with Gasteiger partial charge in [-0.05, 0) is 88.8 Å². The van der Waals surface area contributed by atoms with Gasteiger partial charge in [0.2, 0.25) is 0 Å². The van der Waals surface area contributed by atoms with Crippen LogP contribution in [-0.2, 0) is 13.1 Å². The zero-order chi connectivity index (χ0) is 21.6. The number of nitrogens with zero attached hydrogens (tertiary/aromatic N) is 3. The largest absolute Gasteiger partial charge is 0.374 e. The summed E-state index contributed by atoms with van der Waals surface area (Å²) in [6, 6.07) is 20.1. The number of nitrogens with one attached hydrogen (secondary N) is 1. The molecule has 1 saturated heterocycles. The summed E-state index contributed by atoms with van der Waals surface area (Å²) in [6.45, 7) is 7.16. The van der Waals surface area contributed by atoms with Crippen LogP contribution >= 0.6 is 0 Å². The molecule has 4 rings (SSSR count). The van der Waals surface area contributed by atoms with Crippen molar-refractivity contribution in [2.45, 2.75) is 38.9 Å². The summed E-state index contributed by atoms with van der Waals surface area (Å²) >= 11 is 0. The van der Waals surface area contributed by atoms with Gasteiger partial charge < -0.3 is 14.8 Å². The second-order valence-corrected chi connectivity index (χ2v) is 8.66. The van der Waals surface area contributed by atoms with Gasteiger partial charge in [-0.3, -0.25) is 4.90 Å². The molecule has 1 N–H and O–H groups in total. The van der Waals surface area contributed by atoms with Crippen molar-refractivity contribution in [2.75, 3.05) is 39.0 Å². The van der Waals surface area contributed by atoms with Crippen molar-refractivity contribution in [1.82, 2.24) is 14.4 Å². The minimum atomic E-state index is 0.642. The molecular formula is C27H34N4. The van der Waals surface area contributed by atoms with Crippen LogP contribution in [0.5, 0.6) is 0 Å². The van der Waals surface area contributed by atoms with E-state index >= 15 is 0 Å². The Balaban J connectivity index is 1.43. The van der Waals surface area contributed by atoms with E-state index in [2.05, 4.69) is 88.9 Å². The zero-order valence-corrected chi connectivity index (χ0v) is 19.1. The standard InChI is InChI=1S/C27H34N4/c1-4-31-26(11-8-16-28-24-9-6-5-7-10-24)20-23-19-22(12-13-27(23)31)21-30-17-14-25(15-18-30)29(2)3/h5-7,9-10,12-13,19-20,25,28H,4,14-18,21H2,1-3H3. The molecule has 1 aliphatic heterocycles. The molecular weight excluding hydrogens is 380 g/mol. The van der Waals surface area contributed by atoms with E-state index in [-0.39, 0.29) is 0 Å².